The molecule has 0 aliphatic carbocycles. The molecule has 0 radical (unpaired) electrons. The number of para-hydroxylation sites is 1. The number of imidazole rings is 1. The summed E-state index contributed by atoms with van der Waals surface area (Å²) in [6.07, 6.45) is 6.14. The molecule has 8 heteroatoms. The average Bonchev–Trinajstić information content (AvgIpc) is 3.43. The Kier molecular flexibility index (Phi) is 9.59. The van der Waals surface area contributed by atoms with Gasteiger partial charge in [0.2, 0.25) is 5.91 Å². The summed E-state index contributed by atoms with van der Waals surface area (Å²) in [6.45, 7) is 1.96. The van der Waals surface area contributed by atoms with E-state index < -0.39 is 5.41 Å². The number of benzene rings is 3. The van der Waals surface area contributed by atoms with Gasteiger partial charge in [-0.2, -0.15) is 0 Å². The second kappa shape index (κ2) is 13.7. The molecule has 5 rings (SSSR count). The lowest BCUT2D eigenvalue weighted by molar-refractivity contribution is -0.149. The molecule has 4 aromatic rings. The zero-order valence-electron chi connectivity index (χ0n) is 24.0. The van der Waals surface area contributed by atoms with Crippen molar-refractivity contribution in [2.45, 2.75) is 32.2 Å². The number of amides is 2. The van der Waals surface area contributed by atoms with Crippen molar-refractivity contribution in [3.63, 3.8) is 0 Å². The van der Waals surface area contributed by atoms with Crippen LogP contribution in [0.25, 0.3) is 0 Å². The summed E-state index contributed by atoms with van der Waals surface area (Å²) >= 11 is 6.11. The van der Waals surface area contributed by atoms with Gasteiger partial charge in [0.15, 0.2) is 6.61 Å². The summed E-state index contributed by atoms with van der Waals surface area (Å²) in [4.78, 5) is 36.0. The van der Waals surface area contributed by atoms with Gasteiger partial charge < -0.3 is 19.1 Å². The summed E-state index contributed by atoms with van der Waals surface area (Å²) < 4.78 is 7.68. The minimum absolute atomic E-state index is 0.0178. The molecule has 42 heavy (non-hydrogen) atoms. The summed E-state index contributed by atoms with van der Waals surface area (Å²) in [5.41, 5.74) is 1.60. The quantitative estimate of drug-likeness (QED) is 0.231. The maximum absolute atomic E-state index is 14.7. The molecule has 7 nitrogen and oxygen atoms in total. The smallest absolute Gasteiger partial charge is 0.260 e. The molecule has 1 fully saturated rings. The average molecular weight is 585 g/mol. The summed E-state index contributed by atoms with van der Waals surface area (Å²) in [7, 11) is 1.95. The van der Waals surface area contributed by atoms with Gasteiger partial charge in [-0.1, -0.05) is 72.3 Å². The lowest BCUT2D eigenvalue weighted by Gasteiger charge is -2.43. The second-order valence-electron chi connectivity index (χ2n) is 11.0. The number of likely N-dealkylation sites (tertiary alicyclic amines) is 1. The van der Waals surface area contributed by atoms with E-state index in [-0.39, 0.29) is 18.4 Å². The van der Waals surface area contributed by atoms with Gasteiger partial charge in [-0.25, -0.2) is 4.98 Å². The molecule has 3 aromatic carbocycles. The highest BCUT2D eigenvalue weighted by Gasteiger charge is 2.44. The van der Waals surface area contributed by atoms with E-state index in [1.807, 2.05) is 100 Å². The highest BCUT2D eigenvalue weighted by atomic mass is 35.5. The number of aromatic nitrogens is 2. The Hall–Kier alpha value is -4.10. The Labute approximate surface area is 252 Å². The molecular weight excluding hydrogens is 548 g/mol. The highest BCUT2D eigenvalue weighted by molar-refractivity contribution is 6.30. The van der Waals surface area contributed by atoms with Crippen LogP contribution in [0.4, 0.5) is 0 Å². The lowest BCUT2D eigenvalue weighted by atomic mass is 9.72. The van der Waals surface area contributed by atoms with Gasteiger partial charge >= 0.3 is 0 Å². The molecule has 2 amide bonds. The third kappa shape index (κ3) is 7.39. The number of rotatable bonds is 11. The van der Waals surface area contributed by atoms with Crippen molar-refractivity contribution in [2.24, 2.45) is 12.5 Å². The molecule has 0 saturated carbocycles. The standard InChI is InChI=1S/C34H37ClN4O3/c1-37-23-19-36-31(37)25-39(20-16-27-12-14-29(35)15-13-27)33(41)34(24-28-8-4-2-5-9-28)17-21-38(22-18-34)32(40)26-42-30-10-6-3-7-11-30/h2-15,19,23H,16-18,20-22,24-26H2,1H3. The highest BCUT2D eigenvalue weighted by Crippen LogP contribution is 2.38. The predicted molar refractivity (Wildman–Crippen MR) is 164 cm³/mol. The SMILES string of the molecule is Cn1ccnc1CN(CCc1ccc(Cl)cc1)C(=O)C1(Cc2ccccc2)CCN(C(=O)COc2ccccc2)CC1. The number of carbonyl (C=O) groups excluding carboxylic acids is 2. The molecule has 1 saturated heterocycles. The van der Waals surface area contributed by atoms with Gasteiger partial charge in [-0.05, 0) is 61.1 Å². The normalized spacial score (nSPS) is 14.4. The van der Waals surface area contributed by atoms with Crippen molar-refractivity contribution < 1.29 is 14.3 Å². The fourth-order valence-corrected chi connectivity index (χ4v) is 5.74. The van der Waals surface area contributed by atoms with Crippen molar-refractivity contribution in [3.05, 3.63) is 119 Å². The second-order valence-corrected chi connectivity index (χ2v) is 11.4. The van der Waals surface area contributed by atoms with Crippen LogP contribution in [0.2, 0.25) is 5.02 Å². The lowest BCUT2D eigenvalue weighted by Crippen LogP contribution is -2.53. The van der Waals surface area contributed by atoms with Gasteiger partial charge in [0.25, 0.3) is 5.91 Å². The fraction of sp³-hybridized carbons (Fsp3) is 0.324. The Morgan fingerprint density at radius 3 is 2.24 bits per heavy atom. The molecule has 0 unspecified atom stereocenters. The first-order valence-electron chi connectivity index (χ1n) is 14.4. The van der Waals surface area contributed by atoms with E-state index in [2.05, 4.69) is 17.1 Å². The van der Waals surface area contributed by atoms with E-state index in [9.17, 15) is 9.59 Å². The molecule has 0 bridgehead atoms. The van der Waals surface area contributed by atoms with Gasteiger partial charge in [-0.3, -0.25) is 9.59 Å². The van der Waals surface area contributed by atoms with Gasteiger partial charge in [0.05, 0.1) is 12.0 Å². The van der Waals surface area contributed by atoms with Crippen molar-refractivity contribution >= 4 is 23.4 Å². The van der Waals surface area contributed by atoms with Crippen LogP contribution in [0.5, 0.6) is 5.75 Å². The Bertz CT molecular complexity index is 1450. The molecule has 0 N–H and O–H groups in total. The number of piperidine rings is 1. The maximum Gasteiger partial charge on any atom is 0.260 e. The zero-order chi connectivity index (χ0) is 29.4. The zero-order valence-corrected chi connectivity index (χ0v) is 24.7. The summed E-state index contributed by atoms with van der Waals surface area (Å²) in [5, 5.41) is 0.692. The summed E-state index contributed by atoms with van der Waals surface area (Å²) in [5.74, 6) is 1.55. The largest absolute Gasteiger partial charge is 0.484 e. The van der Waals surface area contributed by atoms with Crippen LogP contribution in [-0.2, 0) is 36.0 Å². The van der Waals surface area contributed by atoms with Crippen LogP contribution >= 0.6 is 11.6 Å². The first-order chi connectivity index (χ1) is 20.4. The Balaban J connectivity index is 1.35. The van der Waals surface area contributed by atoms with Crippen molar-refractivity contribution in [1.29, 1.82) is 0 Å². The first kappa shape index (κ1) is 29.4. The number of ether oxygens (including phenoxy) is 1. The van der Waals surface area contributed by atoms with Crippen LogP contribution in [0.15, 0.2) is 97.3 Å². The van der Waals surface area contributed by atoms with E-state index in [1.165, 1.54) is 0 Å². The number of hydrogen-bond acceptors (Lipinski definition) is 4. The van der Waals surface area contributed by atoms with Crippen LogP contribution in [-0.4, -0.2) is 57.4 Å². The topological polar surface area (TPSA) is 67.7 Å². The summed E-state index contributed by atoms with van der Waals surface area (Å²) in [6, 6.07) is 27.3. The van der Waals surface area contributed by atoms with Crippen LogP contribution in [0.3, 0.4) is 0 Å². The molecular formula is C34H37ClN4O3. The maximum atomic E-state index is 14.7. The van der Waals surface area contributed by atoms with Crippen molar-refractivity contribution in [1.82, 2.24) is 19.4 Å². The first-order valence-corrected chi connectivity index (χ1v) is 14.8. The molecule has 1 aliphatic rings. The molecule has 1 aromatic heterocycles. The van der Waals surface area contributed by atoms with Crippen LogP contribution in [0.1, 0.15) is 29.8 Å². The molecule has 0 spiro atoms. The Morgan fingerprint density at radius 1 is 0.929 bits per heavy atom. The van der Waals surface area contributed by atoms with E-state index in [0.717, 1.165) is 17.0 Å². The number of nitrogens with zero attached hydrogens (tertiary/aromatic N) is 4. The third-order valence-electron chi connectivity index (χ3n) is 8.14. The van der Waals surface area contributed by atoms with Crippen molar-refractivity contribution in [2.75, 3.05) is 26.2 Å². The predicted octanol–water partition coefficient (Wildman–Crippen LogP) is 5.58. The number of hydrogen-bond donors (Lipinski definition) is 0. The van der Waals surface area contributed by atoms with E-state index >= 15 is 0 Å². The van der Waals surface area contributed by atoms with Gasteiger partial charge in [0.1, 0.15) is 11.6 Å². The van der Waals surface area contributed by atoms with Crippen LogP contribution in [0, 0.1) is 5.41 Å². The van der Waals surface area contributed by atoms with Gasteiger partial charge in [-0.15, -0.1) is 0 Å². The van der Waals surface area contributed by atoms with E-state index in [4.69, 9.17) is 16.3 Å². The van der Waals surface area contributed by atoms with E-state index in [0.29, 0.717) is 62.6 Å². The third-order valence-corrected chi connectivity index (χ3v) is 8.39. The minimum Gasteiger partial charge on any atom is -0.484 e. The van der Waals surface area contributed by atoms with Crippen molar-refractivity contribution in [3.8, 4) is 5.75 Å². The number of carbonyl (C=O) groups is 2. The fourth-order valence-electron chi connectivity index (χ4n) is 5.61. The molecule has 0 atom stereocenters. The Morgan fingerprint density at radius 2 is 1.60 bits per heavy atom. The molecule has 2 heterocycles. The molecule has 218 valence electrons. The number of aryl methyl sites for hydroxylation is 1. The van der Waals surface area contributed by atoms with E-state index in [1.54, 1.807) is 6.20 Å². The van der Waals surface area contributed by atoms with Crippen LogP contribution < -0.4 is 4.74 Å². The minimum atomic E-state index is -0.635. The monoisotopic (exact) mass is 584 g/mol. The molecule has 1 aliphatic heterocycles. The van der Waals surface area contributed by atoms with Gasteiger partial charge in [0, 0.05) is 44.1 Å². The number of halogens is 1.